The van der Waals surface area contributed by atoms with Crippen LogP contribution in [0.3, 0.4) is 0 Å². The van der Waals surface area contributed by atoms with Crippen LogP contribution in [0.4, 0.5) is 23.2 Å². The Hall–Kier alpha value is -3.88. The van der Waals surface area contributed by atoms with Crippen LogP contribution in [0.5, 0.6) is 5.75 Å². The van der Waals surface area contributed by atoms with Gasteiger partial charge < -0.3 is 15.4 Å². The zero-order valence-electron chi connectivity index (χ0n) is 22.4. The number of halogens is 4. The number of ether oxygens (including phenoxy) is 1. The van der Waals surface area contributed by atoms with E-state index in [4.69, 9.17) is 4.74 Å². The summed E-state index contributed by atoms with van der Waals surface area (Å²) in [5.41, 5.74) is -0.441. The van der Waals surface area contributed by atoms with Crippen molar-refractivity contribution in [1.82, 2.24) is 5.32 Å². The van der Waals surface area contributed by atoms with Crippen molar-refractivity contribution in [2.45, 2.75) is 63.1 Å². The van der Waals surface area contributed by atoms with Gasteiger partial charge in [-0.05, 0) is 79.8 Å². The van der Waals surface area contributed by atoms with Gasteiger partial charge in [-0.2, -0.15) is 13.2 Å². The van der Waals surface area contributed by atoms with Crippen LogP contribution >= 0.6 is 0 Å². The molecule has 1 saturated carbocycles. The average Bonchev–Trinajstić information content (AvgIpc) is 2.94. The van der Waals surface area contributed by atoms with E-state index in [1.165, 1.54) is 0 Å². The zero-order chi connectivity index (χ0) is 28.9. The van der Waals surface area contributed by atoms with Gasteiger partial charge in [-0.3, -0.25) is 9.59 Å². The lowest BCUT2D eigenvalue weighted by Crippen LogP contribution is -2.49. The van der Waals surface area contributed by atoms with Crippen molar-refractivity contribution in [2.75, 3.05) is 12.4 Å². The summed E-state index contributed by atoms with van der Waals surface area (Å²) in [6, 6.07) is 16.1. The number of hydrogen-bond donors (Lipinski definition) is 2. The topological polar surface area (TPSA) is 67.4 Å². The zero-order valence-corrected chi connectivity index (χ0v) is 22.4. The minimum absolute atomic E-state index is 0.00600. The fourth-order valence-electron chi connectivity index (χ4n) is 5.35. The fourth-order valence-corrected chi connectivity index (χ4v) is 5.35. The van der Waals surface area contributed by atoms with Crippen molar-refractivity contribution < 1.29 is 31.9 Å². The molecule has 0 bridgehead atoms. The van der Waals surface area contributed by atoms with E-state index >= 15 is 0 Å². The highest BCUT2D eigenvalue weighted by molar-refractivity contribution is 6.05. The van der Waals surface area contributed by atoms with Gasteiger partial charge in [-0.25, -0.2) is 4.39 Å². The largest absolute Gasteiger partial charge is 0.497 e. The second-order valence-corrected chi connectivity index (χ2v) is 10.3. The summed E-state index contributed by atoms with van der Waals surface area (Å²) in [6.45, 7) is 1.92. The third kappa shape index (κ3) is 6.63. The molecule has 1 fully saturated rings. The van der Waals surface area contributed by atoms with Gasteiger partial charge in [0.25, 0.3) is 5.91 Å². The standard InChI is InChI=1S/C31H32F4N2O3/c1-20(36-29(39)30(16-4-3-5-17-30)22-8-13-25(40-2)14-9-22)18-21-6-11-24(12-7-21)37-28(38)26-15-10-23(32)19-27(26)31(33,34)35/h6-15,19-20H,3-5,16-18H2,1-2H3,(H,36,39)(H,37,38). The molecule has 0 spiro atoms. The maximum Gasteiger partial charge on any atom is 0.417 e. The Morgan fingerprint density at radius 2 is 1.60 bits per heavy atom. The Morgan fingerprint density at radius 1 is 0.950 bits per heavy atom. The van der Waals surface area contributed by atoms with E-state index < -0.39 is 34.4 Å². The van der Waals surface area contributed by atoms with Crippen LogP contribution in [-0.2, 0) is 22.8 Å². The molecule has 2 N–H and O–H groups in total. The number of nitrogens with one attached hydrogen (secondary N) is 2. The maximum atomic E-state index is 13.6. The SMILES string of the molecule is COc1ccc(C2(C(=O)NC(C)Cc3ccc(NC(=O)c4ccc(F)cc4C(F)(F)F)cc3)CCCCC2)cc1. The van der Waals surface area contributed by atoms with E-state index in [9.17, 15) is 27.2 Å². The number of alkyl halides is 3. The molecule has 0 aromatic heterocycles. The molecule has 3 aromatic rings. The lowest BCUT2D eigenvalue weighted by Gasteiger charge is -2.37. The van der Waals surface area contributed by atoms with Crippen molar-refractivity contribution in [3.63, 3.8) is 0 Å². The number of carbonyl (C=O) groups excluding carboxylic acids is 2. The second kappa shape index (κ2) is 12.1. The average molecular weight is 557 g/mol. The van der Waals surface area contributed by atoms with Crippen LogP contribution < -0.4 is 15.4 Å². The summed E-state index contributed by atoms with van der Waals surface area (Å²) in [7, 11) is 1.61. The molecule has 1 aliphatic carbocycles. The van der Waals surface area contributed by atoms with E-state index in [1.54, 1.807) is 31.4 Å². The van der Waals surface area contributed by atoms with Gasteiger partial charge >= 0.3 is 6.18 Å². The van der Waals surface area contributed by atoms with Crippen LogP contribution in [-0.4, -0.2) is 25.0 Å². The Kier molecular flexibility index (Phi) is 8.81. The third-order valence-electron chi connectivity index (χ3n) is 7.45. The molecule has 1 aliphatic rings. The molecule has 3 aromatic carbocycles. The quantitative estimate of drug-likeness (QED) is 0.292. The van der Waals surface area contributed by atoms with E-state index in [-0.39, 0.29) is 11.9 Å². The molecule has 40 heavy (non-hydrogen) atoms. The normalized spacial score (nSPS) is 15.7. The predicted molar refractivity (Wildman–Crippen MR) is 145 cm³/mol. The first kappa shape index (κ1) is 29.1. The first-order chi connectivity index (χ1) is 19.0. The molecule has 5 nitrogen and oxygen atoms in total. The number of carbonyl (C=O) groups is 2. The summed E-state index contributed by atoms with van der Waals surface area (Å²) in [4.78, 5) is 26.1. The number of hydrogen-bond acceptors (Lipinski definition) is 3. The number of methoxy groups -OCH3 is 1. The van der Waals surface area contributed by atoms with Crippen molar-refractivity contribution in [2.24, 2.45) is 0 Å². The fraction of sp³-hybridized carbons (Fsp3) is 0.355. The number of amides is 2. The predicted octanol–water partition coefficient (Wildman–Crippen LogP) is 7.05. The first-order valence-electron chi connectivity index (χ1n) is 13.2. The molecule has 2 amide bonds. The number of benzene rings is 3. The van der Waals surface area contributed by atoms with E-state index in [0.29, 0.717) is 18.2 Å². The van der Waals surface area contributed by atoms with Gasteiger partial charge in [0.05, 0.1) is 23.7 Å². The smallest absolute Gasteiger partial charge is 0.417 e. The molecular weight excluding hydrogens is 524 g/mol. The molecule has 1 atom stereocenters. The van der Waals surface area contributed by atoms with E-state index in [0.717, 1.165) is 61.1 Å². The van der Waals surface area contributed by atoms with Gasteiger partial charge in [-0.15, -0.1) is 0 Å². The van der Waals surface area contributed by atoms with Crippen molar-refractivity contribution >= 4 is 17.5 Å². The first-order valence-corrected chi connectivity index (χ1v) is 13.2. The monoisotopic (exact) mass is 556 g/mol. The minimum Gasteiger partial charge on any atom is -0.497 e. The van der Waals surface area contributed by atoms with Gasteiger partial charge in [0.15, 0.2) is 0 Å². The third-order valence-corrected chi connectivity index (χ3v) is 7.45. The number of rotatable bonds is 8. The molecule has 9 heteroatoms. The van der Waals surface area contributed by atoms with Gasteiger partial charge in [0.2, 0.25) is 5.91 Å². The number of anilines is 1. The summed E-state index contributed by atoms with van der Waals surface area (Å²) >= 11 is 0. The molecule has 212 valence electrons. The van der Waals surface area contributed by atoms with Gasteiger partial charge in [-0.1, -0.05) is 43.5 Å². The van der Waals surface area contributed by atoms with Gasteiger partial charge in [0.1, 0.15) is 11.6 Å². The van der Waals surface area contributed by atoms with Crippen LogP contribution in [0.25, 0.3) is 0 Å². The molecule has 0 radical (unpaired) electrons. The Balaban J connectivity index is 1.41. The highest BCUT2D eigenvalue weighted by Gasteiger charge is 2.41. The van der Waals surface area contributed by atoms with Crippen LogP contribution in [0, 0.1) is 5.82 Å². The summed E-state index contributed by atoms with van der Waals surface area (Å²) in [6.07, 6.45) is 0.250. The lowest BCUT2D eigenvalue weighted by atomic mass is 9.68. The molecular formula is C31H32F4N2O3. The highest BCUT2D eigenvalue weighted by Crippen LogP contribution is 2.40. The van der Waals surface area contributed by atoms with Gasteiger partial charge in [0, 0.05) is 11.7 Å². The summed E-state index contributed by atoms with van der Waals surface area (Å²) in [5.74, 6) is -1.33. The van der Waals surface area contributed by atoms with Crippen molar-refractivity contribution in [3.05, 3.63) is 94.8 Å². The molecule has 1 unspecified atom stereocenters. The molecule has 0 heterocycles. The summed E-state index contributed by atoms with van der Waals surface area (Å²) in [5, 5.41) is 5.62. The summed E-state index contributed by atoms with van der Waals surface area (Å²) < 4.78 is 58.5. The van der Waals surface area contributed by atoms with E-state index in [1.807, 2.05) is 31.2 Å². The molecule has 4 rings (SSSR count). The molecule has 0 aliphatic heterocycles. The van der Waals surface area contributed by atoms with Crippen molar-refractivity contribution in [3.8, 4) is 5.75 Å². The Morgan fingerprint density at radius 3 is 2.20 bits per heavy atom. The Bertz CT molecular complexity index is 1330. The maximum absolute atomic E-state index is 13.6. The van der Waals surface area contributed by atoms with Crippen LogP contribution in [0.2, 0.25) is 0 Å². The second-order valence-electron chi connectivity index (χ2n) is 10.3. The van der Waals surface area contributed by atoms with E-state index in [2.05, 4.69) is 10.6 Å². The van der Waals surface area contributed by atoms with Crippen LogP contribution in [0.15, 0.2) is 66.7 Å². The molecule has 0 saturated heterocycles. The Labute approximate surface area is 230 Å². The lowest BCUT2D eigenvalue weighted by molar-refractivity contribution is -0.138. The van der Waals surface area contributed by atoms with Crippen LogP contribution in [0.1, 0.15) is 66.1 Å². The van der Waals surface area contributed by atoms with Crippen molar-refractivity contribution in [1.29, 1.82) is 0 Å². The minimum atomic E-state index is -4.87. The highest BCUT2D eigenvalue weighted by atomic mass is 19.4.